The van der Waals surface area contributed by atoms with Crippen molar-refractivity contribution in [3.63, 3.8) is 0 Å². The second kappa shape index (κ2) is 8.16. The summed E-state index contributed by atoms with van der Waals surface area (Å²) in [5.74, 6) is -0.209. The SMILES string of the molecule is CN1CCC(O)(CN(Cc2ccccc2)C(=O)c2cccnc2Cl)CC1. The molecule has 1 aromatic heterocycles. The first-order valence-corrected chi connectivity index (χ1v) is 9.19. The molecule has 1 aromatic carbocycles. The number of carbonyl (C=O) groups is 1. The highest BCUT2D eigenvalue weighted by Gasteiger charge is 2.35. The molecule has 2 heterocycles. The number of nitrogens with zero attached hydrogens (tertiary/aromatic N) is 3. The molecule has 5 nitrogen and oxygen atoms in total. The van der Waals surface area contributed by atoms with Crippen molar-refractivity contribution in [3.8, 4) is 0 Å². The number of carbonyl (C=O) groups excluding carboxylic acids is 1. The first-order chi connectivity index (χ1) is 12.5. The standard InChI is InChI=1S/C20H24ClN3O2/c1-23-12-9-20(26,10-13-23)15-24(14-16-6-3-2-4-7-16)19(25)17-8-5-11-22-18(17)21/h2-8,11,26H,9-10,12-15H2,1H3. The lowest BCUT2D eigenvalue weighted by molar-refractivity contribution is -0.0381. The summed E-state index contributed by atoms with van der Waals surface area (Å²) in [4.78, 5) is 21.0. The topological polar surface area (TPSA) is 56.7 Å². The smallest absolute Gasteiger partial charge is 0.257 e. The molecule has 3 rings (SSSR count). The molecule has 1 aliphatic rings. The van der Waals surface area contributed by atoms with Gasteiger partial charge < -0.3 is 14.9 Å². The Balaban J connectivity index is 1.84. The summed E-state index contributed by atoms with van der Waals surface area (Å²) in [6, 6.07) is 13.2. The average Bonchev–Trinajstić information content (AvgIpc) is 2.65. The summed E-state index contributed by atoms with van der Waals surface area (Å²) < 4.78 is 0. The maximum Gasteiger partial charge on any atom is 0.257 e. The molecule has 1 fully saturated rings. The Hall–Kier alpha value is -1.95. The van der Waals surface area contributed by atoms with Crippen LogP contribution in [0.4, 0.5) is 0 Å². The van der Waals surface area contributed by atoms with E-state index in [1.807, 2.05) is 37.4 Å². The quantitative estimate of drug-likeness (QED) is 0.819. The molecule has 26 heavy (non-hydrogen) atoms. The Kier molecular flexibility index (Phi) is 5.91. The molecule has 0 saturated carbocycles. The molecule has 0 atom stereocenters. The van der Waals surface area contributed by atoms with Gasteiger partial charge in [-0.05, 0) is 37.6 Å². The van der Waals surface area contributed by atoms with Crippen LogP contribution in [0.2, 0.25) is 5.15 Å². The van der Waals surface area contributed by atoms with Crippen LogP contribution in [0.25, 0.3) is 0 Å². The highest BCUT2D eigenvalue weighted by molar-refractivity contribution is 6.32. The van der Waals surface area contributed by atoms with Gasteiger partial charge in [-0.3, -0.25) is 4.79 Å². The fourth-order valence-electron chi connectivity index (χ4n) is 3.27. The van der Waals surface area contributed by atoms with Crippen molar-refractivity contribution in [1.82, 2.24) is 14.8 Å². The van der Waals surface area contributed by atoms with Gasteiger partial charge in [0.15, 0.2) is 0 Å². The fourth-order valence-corrected chi connectivity index (χ4v) is 3.47. The van der Waals surface area contributed by atoms with E-state index in [2.05, 4.69) is 9.88 Å². The lowest BCUT2D eigenvalue weighted by Gasteiger charge is -2.40. The molecule has 1 aliphatic heterocycles. The summed E-state index contributed by atoms with van der Waals surface area (Å²) in [7, 11) is 2.04. The normalized spacial score (nSPS) is 17.0. The third-order valence-corrected chi connectivity index (χ3v) is 5.20. The van der Waals surface area contributed by atoms with Gasteiger partial charge in [-0.15, -0.1) is 0 Å². The lowest BCUT2D eigenvalue weighted by Crippen LogP contribution is -2.51. The predicted octanol–water partition coefficient (Wildman–Crippen LogP) is 2.83. The molecule has 138 valence electrons. The van der Waals surface area contributed by atoms with Crippen molar-refractivity contribution in [2.45, 2.75) is 25.0 Å². The Morgan fingerprint density at radius 2 is 1.92 bits per heavy atom. The van der Waals surface area contributed by atoms with Gasteiger partial charge in [-0.1, -0.05) is 41.9 Å². The van der Waals surface area contributed by atoms with Crippen LogP contribution in [0.5, 0.6) is 0 Å². The summed E-state index contributed by atoms with van der Waals surface area (Å²) in [5, 5.41) is 11.2. The van der Waals surface area contributed by atoms with Crippen molar-refractivity contribution in [2.24, 2.45) is 0 Å². The number of hydrogen-bond donors (Lipinski definition) is 1. The van der Waals surface area contributed by atoms with E-state index in [1.54, 1.807) is 23.2 Å². The minimum Gasteiger partial charge on any atom is -0.388 e. The van der Waals surface area contributed by atoms with Crippen LogP contribution >= 0.6 is 11.6 Å². The number of rotatable bonds is 5. The Labute approximate surface area is 159 Å². The number of piperidine rings is 1. The number of benzene rings is 1. The summed E-state index contributed by atoms with van der Waals surface area (Å²) in [6.07, 6.45) is 2.84. The van der Waals surface area contributed by atoms with Crippen molar-refractivity contribution in [2.75, 3.05) is 26.7 Å². The number of halogens is 1. The zero-order valence-electron chi connectivity index (χ0n) is 14.9. The highest BCUT2D eigenvalue weighted by atomic mass is 35.5. The van der Waals surface area contributed by atoms with Crippen LogP contribution < -0.4 is 0 Å². The molecular formula is C20H24ClN3O2. The lowest BCUT2D eigenvalue weighted by atomic mass is 9.90. The Morgan fingerprint density at radius 3 is 2.58 bits per heavy atom. The van der Waals surface area contributed by atoms with E-state index in [-0.39, 0.29) is 17.6 Å². The highest BCUT2D eigenvalue weighted by Crippen LogP contribution is 2.25. The summed E-state index contributed by atoms with van der Waals surface area (Å²) >= 11 is 6.13. The average molecular weight is 374 g/mol. The zero-order valence-corrected chi connectivity index (χ0v) is 15.7. The molecule has 0 radical (unpaired) electrons. The van der Waals surface area contributed by atoms with Gasteiger partial charge >= 0.3 is 0 Å². The molecule has 1 saturated heterocycles. The van der Waals surface area contributed by atoms with E-state index in [9.17, 15) is 9.90 Å². The van der Waals surface area contributed by atoms with Crippen LogP contribution in [0.15, 0.2) is 48.7 Å². The summed E-state index contributed by atoms with van der Waals surface area (Å²) in [6.45, 7) is 2.33. The van der Waals surface area contributed by atoms with Gasteiger partial charge in [0.1, 0.15) is 5.15 Å². The van der Waals surface area contributed by atoms with Gasteiger partial charge in [-0.2, -0.15) is 0 Å². The zero-order chi connectivity index (χ0) is 18.6. The largest absolute Gasteiger partial charge is 0.388 e. The van der Waals surface area contributed by atoms with Crippen molar-refractivity contribution < 1.29 is 9.90 Å². The van der Waals surface area contributed by atoms with Gasteiger partial charge in [0.25, 0.3) is 5.91 Å². The van der Waals surface area contributed by atoms with Crippen molar-refractivity contribution in [3.05, 3.63) is 64.9 Å². The number of likely N-dealkylation sites (tertiary alicyclic amines) is 1. The third-order valence-electron chi connectivity index (χ3n) is 4.90. The molecule has 2 aromatic rings. The van der Waals surface area contributed by atoms with Gasteiger partial charge in [0.05, 0.1) is 17.7 Å². The number of hydrogen-bond acceptors (Lipinski definition) is 4. The van der Waals surface area contributed by atoms with Crippen LogP contribution in [0.3, 0.4) is 0 Å². The van der Waals surface area contributed by atoms with E-state index >= 15 is 0 Å². The van der Waals surface area contributed by atoms with Gasteiger partial charge in [-0.25, -0.2) is 4.98 Å². The third kappa shape index (κ3) is 4.61. The number of aromatic nitrogens is 1. The van der Waals surface area contributed by atoms with Crippen LogP contribution in [0, 0.1) is 0 Å². The van der Waals surface area contributed by atoms with E-state index in [0.717, 1.165) is 18.7 Å². The number of amides is 1. The van der Waals surface area contributed by atoms with E-state index in [0.29, 0.717) is 24.9 Å². The van der Waals surface area contributed by atoms with E-state index in [4.69, 9.17) is 11.6 Å². The molecule has 0 spiro atoms. The first-order valence-electron chi connectivity index (χ1n) is 8.81. The monoisotopic (exact) mass is 373 g/mol. The fraction of sp³-hybridized carbons (Fsp3) is 0.400. The predicted molar refractivity (Wildman–Crippen MR) is 102 cm³/mol. The summed E-state index contributed by atoms with van der Waals surface area (Å²) in [5.41, 5.74) is 0.491. The second-order valence-electron chi connectivity index (χ2n) is 7.02. The molecular weight excluding hydrogens is 350 g/mol. The van der Waals surface area contributed by atoms with Crippen molar-refractivity contribution in [1.29, 1.82) is 0 Å². The Morgan fingerprint density at radius 1 is 1.23 bits per heavy atom. The van der Waals surface area contributed by atoms with Gasteiger partial charge in [0, 0.05) is 25.8 Å². The maximum atomic E-state index is 13.1. The molecule has 0 unspecified atom stereocenters. The minimum atomic E-state index is -0.883. The Bertz CT molecular complexity index is 746. The van der Waals surface area contributed by atoms with Crippen LogP contribution in [-0.4, -0.2) is 58.1 Å². The minimum absolute atomic E-state index is 0.186. The van der Waals surface area contributed by atoms with Crippen LogP contribution in [0.1, 0.15) is 28.8 Å². The molecule has 6 heteroatoms. The molecule has 0 aliphatic carbocycles. The number of pyridine rings is 1. The van der Waals surface area contributed by atoms with Crippen molar-refractivity contribution >= 4 is 17.5 Å². The van der Waals surface area contributed by atoms with E-state index < -0.39 is 5.60 Å². The maximum absolute atomic E-state index is 13.1. The molecule has 0 bridgehead atoms. The molecule has 1 amide bonds. The van der Waals surface area contributed by atoms with Crippen LogP contribution in [-0.2, 0) is 6.54 Å². The first kappa shape index (κ1) is 18.8. The second-order valence-corrected chi connectivity index (χ2v) is 7.37. The molecule has 1 N–H and O–H groups in total. The van der Waals surface area contributed by atoms with Gasteiger partial charge in [0.2, 0.25) is 0 Å². The number of aliphatic hydroxyl groups is 1. The van der Waals surface area contributed by atoms with E-state index in [1.165, 1.54) is 0 Å².